The first-order valence-corrected chi connectivity index (χ1v) is 10.4. The van der Waals surface area contributed by atoms with Gasteiger partial charge in [-0.15, -0.1) is 16.7 Å². The largest absolute Gasteiger partial charge is 0.411 e. The lowest BCUT2D eigenvalue weighted by atomic mass is 10.2. The van der Waals surface area contributed by atoms with Crippen molar-refractivity contribution in [3.63, 3.8) is 0 Å². The Morgan fingerprint density at radius 3 is 2.62 bits per heavy atom. The molecule has 1 aromatic rings. The Labute approximate surface area is 128 Å². The summed E-state index contributed by atoms with van der Waals surface area (Å²) >= 11 is 5.53. The summed E-state index contributed by atoms with van der Waals surface area (Å²) < 4.78 is 53.6. The molecule has 0 unspecified atom stereocenters. The van der Waals surface area contributed by atoms with Gasteiger partial charge in [-0.05, 0) is 19.3 Å². The minimum Gasteiger partial charge on any atom is -0.411 e. The first-order valence-electron chi connectivity index (χ1n) is 6.34. The number of rotatable bonds is 6. The molecule has 1 aliphatic heterocycles. The summed E-state index contributed by atoms with van der Waals surface area (Å²) in [6.07, 6.45) is 2.48. The minimum absolute atomic E-state index is 0.0161. The van der Waals surface area contributed by atoms with Gasteiger partial charge < -0.3 is 4.42 Å². The van der Waals surface area contributed by atoms with Crippen LogP contribution in [0.3, 0.4) is 0 Å². The highest BCUT2D eigenvalue weighted by molar-refractivity contribution is 7.90. The second-order valence-electron chi connectivity index (χ2n) is 4.81. The molecule has 0 bridgehead atoms. The summed E-state index contributed by atoms with van der Waals surface area (Å²) in [5.74, 6) is 0.221. The fourth-order valence-electron chi connectivity index (χ4n) is 2.18. The molecular formula is C10H16ClN3O5S2. The van der Waals surface area contributed by atoms with Gasteiger partial charge in [0.25, 0.3) is 0 Å². The molecule has 0 radical (unpaired) electrons. The van der Waals surface area contributed by atoms with Crippen LogP contribution in [0.2, 0.25) is 0 Å². The molecule has 1 saturated heterocycles. The van der Waals surface area contributed by atoms with Crippen molar-refractivity contribution in [2.75, 3.05) is 24.4 Å². The molecule has 21 heavy (non-hydrogen) atoms. The van der Waals surface area contributed by atoms with Gasteiger partial charge >= 0.3 is 5.22 Å². The molecule has 8 nitrogen and oxygen atoms in total. The topological polar surface area (TPSA) is 110 Å². The number of hydrogen-bond donors (Lipinski definition) is 0. The molecule has 0 amide bonds. The predicted molar refractivity (Wildman–Crippen MR) is 75.2 cm³/mol. The molecule has 120 valence electrons. The van der Waals surface area contributed by atoms with Crippen molar-refractivity contribution in [3.8, 4) is 0 Å². The van der Waals surface area contributed by atoms with Gasteiger partial charge in [0.2, 0.25) is 25.8 Å². The Kier molecular flexibility index (Phi) is 4.91. The fraction of sp³-hybridized carbons (Fsp3) is 0.800. The summed E-state index contributed by atoms with van der Waals surface area (Å²) in [4.78, 5) is 0. The smallest absolute Gasteiger partial charge is 0.335 e. The molecule has 0 aliphatic carbocycles. The summed E-state index contributed by atoms with van der Waals surface area (Å²) in [5.41, 5.74) is 0. The van der Waals surface area contributed by atoms with E-state index in [2.05, 4.69) is 10.2 Å². The highest BCUT2D eigenvalue weighted by atomic mass is 35.5. The first kappa shape index (κ1) is 16.7. The Balaban J connectivity index is 2.25. The fourth-order valence-corrected chi connectivity index (χ4v) is 4.63. The summed E-state index contributed by atoms with van der Waals surface area (Å²) in [5, 5.41) is 6.65. The monoisotopic (exact) mass is 357 g/mol. The molecule has 1 aliphatic rings. The molecule has 1 atom stereocenters. The maximum Gasteiger partial charge on any atom is 0.335 e. The Hall–Kier alpha value is -0.710. The highest BCUT2D eigenvalue weighted by Gasteiger charge is 2.38. The van der Waals surface area contributed by atoms with E-state index >= 15 is 0 Å². The lowest BCUT2D eigenvalue weighted by molar-refractivity contribution is 0.303. The summed E-state index contributed by atoms with van der Waals surface area (Å²) in [6.45, 7) is 0.353. The van der Waals surface area contributed by atoms with Gasteiger partial charge in [0.05, 0.1) is 5.75 Å². The maximum atomic E-state index is 12.2. The van der Waals surface area contributed by atoms with Gasteiger partial charge in [-0.2, -0.15) is 4.31 Å². The van der Waals surface area contributed by atoms with E-state index < -0.39 is 31.1 Å². The zero-order chi connectivity index (χ0) is 15.7. The van der Waals surface area contributed by atoms with Crippen molar-refractivity contribution >= 4 is 31.5 Å². The number of halogens is 1. The van der Waals surface area contributed by atoms with Crippen molar-refractivity contribution < 1.29 is 21.3 Å². The molecule has 0 N–H and O–H groups in total. The molecule has 0 aromatic carbocycles. The molecule has 1 aromatic heterocycles. The van der Waals surface area contributed by atoms with Crippen molar-refractivity contribution in [2.45, 2.75) is 30.5 Å². The van der Waals surface area contributed by atoms with Gasteiger partial charge in [-0.1, -0.05) is 5.10 Å². The molecule has 0 spiro atoms. The van der Waals surface area contributed by atoms with Crippen LogP contribution in [0.4, 0.5) is 0 Å². The number of sulfonamides is 1. The normalized spacial score (nSPS) is 21.0. The quantitative estimate of drug-likeness (QED) is 0.684. The average Bonchev–Trinajstić information content (AvgIpc) is 3.03. The molecular weight excluding hydrogens is 342 g/mol. The molecule has 1 fully saturated rings. The lowest BCUT2D eigenvalue weighted by Crippen LogP contribution is -2.33. The molecule has 0 saturated carbocycles. The van der Waals surface area contributed by atoms with Gasteiger partial charge in [0.15, 0.2) is 0 Å². The highest BCUT2D eigenvalue weighted by Crippen LogP contribution is 2.34. The second-order valence-corrected chi connectivity index (χ2v) is 9.12. The van der Waals surface area contributed by atoms with Crippen LogP contribution in [-0.4, -0.2) is 55.8 Å². The van der Waals surface area contributed by atoms with Crippen molar-refractivity contribution in [1.29, 1.82) is 0 Å². The van der Waals surface area contributed by atoms with Gasteiger partial charge in [0.1, 0.15) is 6.04 Å². The van der Waals surface area contributed by atoms with Gasteiger partial charge in [-0.3, -0.25) is 0 Å². The Morgan fingerprint density at radius 1 is 1.33 bits per heavy atom. The third-order valence-corrected chi connectivity index (χ3v) is 6.14. The first-order chi connectivity index (χ1) is 9.75. The lowest BCUT2D eigenvalue weighted by Gasteiger charge is -2.21. The van der Waals surface area contributed by atoms with Crippen molar-refractivity contribution in [2.24, 2.45) is 0 Å². The number of sulfone groups is 1. The third kappa shape index (κ3) is 3.74. The van der Waals surface area contributed by atoms with Gasteiger partial charge in [0, 0.05) is 18.7 Å². The summed E-state index contributed by atoms with van der Waals surface area (Å²) in [7, 11) is -7.08. The van der Waals surface area contributed by atoms with E-state index in [0.717, 1.165) is 6.26 Å². The van der Waals surface area contributed by atoms with E-state index in [-0.39, 0.29) is 17.5 Å². The van der Waals surface area contributed by atoms with Crippen molar-refractivity contribution in [1.82, 2.24) is 14.5 Å². The zero-order valence-corrected chi connectivity index (χ0v) is 13.8. The predicted octanol–water partition coefficient (Wildman–Crippen LogP) is 0.569. The Morgan fingerprint density at radius 2 is 2.05 bits per heavy atom. The van der Waals surface area contributed by atoms with Crippen LogP contribution in [0.1, 0.15) is 31.2 Å². The van der Waals surface area contributed by atoms with Crippen LogP contribution in [0, 0.1) is 0 Å². The van der Waals surface area contributed by atoms with E-state index in [1.54, 1.807) is 0 Å². The number of hydrogen-bond acceptors (Lipinski definition) is 7. The number of alkyl halides is 1. The Bertz CT molecular complexity index is 700. The maximum absolute atomic E-state index is 12.2. The minimum atomic E-state index is -3.60. The van der Waals surface area contributed by atoms with E-state index in [1.165, 1.54) is 4.31 Å². The summed E-state index contributed by atoms with van der Waals surface area (Å²) in [6, 6.07) is -0.603. The SMILES string of the molecule is CS(=O)(=O)c1nnc([C@@H]2CCCN2S(=O)(=O)CCCCl)o1. The number of aromatic nitrogens is 2. The zero-order valence-electron chi connectivity index (χ0n) is 11.4. The van der Waals surface area contributed by atoms with Crippen molar-refractivity contribution in [3.05, 3.63) is 5.89 Å². The number of nitrogens with zero attached hydrogens (tertiary/aromatic N) is 3. The second kappa shape index (κ2) is 6.19. The average molecular weight is 358 g/mol. The van der Waals surface area contributed by atoms with Crippen LogP contribution in [0.5, 0.6) is 0 Å². The molecule has 2 rings (SSSR count). The molecule has 11 heteroatoms. The van der Waals surface area contributed by atoms with E-state index in [0.29, 0.717) is 25.8 Å². The van der Waals surface area contributed by atoms with E-state index in [1.807, 2.05) is 0 Å². The van der Waals surface area contributed by atoms with Crippen LogP contribution in [0.15, 0.2) is 9.64 Å². The van der Waals surface area contributed by atoms with Crippen LogP contribution >= 0.6 is 11.6 Å². The van der Waals surface area contributed by atoms with Crippen LogP contribution in [0.25, 0.3) is 0 Å². The van der Waals surface area contributed by atoms with Gasteiger partial charge in [-0.25, -0.2) is 16.8 Å². The van der Waals surface area contributed by atoms with Crippen LogP contribution < -0.4 is 0 Å². The standard InChI is InChI=1S/C10H16ClN3O5S2/c1-20(15,16)10-13-12-9(19-10)8-4-2-6-14(8)21(17,18)7-3-5-11/h8H,2-7H2,1H3/t8-/m0/s1. The van der Waals surface area contributed by atoms with E-state index in [9.17, 15) is 16.8 Å². The van der Waals surface area contributed by atoms with E-state index in [4.69, 9.17) is 16.0 Å². The third-order valence-electron chi connectivity index (χ3n) is 3.12. The molecule has 2 heterocycles. The van der Waals surface area contributed by atoms with Crippen LogP contribution in [-0.2, 0) is 19.9 Å².